The number of nitrogens with zero attached hydrogens (tertiary/aromatic N) is 4. The van der Waals surface area contributed by atoms with Gasteiger partial charge in [0.25, 0.3) is 0 Å². The molecule has 1 fully saturated rings. The minimum absolute atomic E-state index is 0.0813. The number of hydrogen-bond donors (Lipinski definition) is 2. The highest BCUT2D eigenvalue weighted by atomic mass is 16.6. The van der Waals surface area contributed by atoms with Crippen molar-refractivity contribution in [1.82, 2.24) is 25.3 Å². The second-order valence-electron chi connectivity index (χ2n) is 7.44. The van der Waals surface area contributed by atoms with Crippen LogP contribution in [-0.2, 0) is 11.3 Å². The van der Waals surface area contributed by atoms with Crippen LogP contribution in [0.5, 0.6) is 0 Å². The second-order valence-corrected chi connectivity index (χ2v) is 7.44. The zero-order valence-electron chi connectivity index (χ0n) is 16.4. The van der Waals surface area contributed by atoms with E-state index < -0.39 is 5.60 Å². The average Bonchev–Trinajstić information content (AvgIpc) is 3.20. The molecule has 8 heteroatoms. The number of likely N-dealkylation sites (tertiary alicyclic amines) is 1. The molecule has 0 bridgehead atoms. The topological polar surface area (TPSA) is 83.8 Å². The Bertz CT molecular complexity index is 579. The molecular weight excluding hydrogens is 332 g/mol. The molecule has 1 aromatic rings. The summed E-state index contributed by atoms with van der Waals surface area (Å²) in [6, 6.07) is 2.01. The first-order chi connectivity index (χ1) is 12.4. The van der Waals surface area contributed by atoms with Gasteiger partial charge in [-0.25, -0.2) is 4.79 Å². The van der Waals surface area contributed by atoms with Gasteiger partial charge in [0, 0.05) is 45.1 Å². The third-order valence-electron chi connectivity index (χ3n) is 3.91. The SMILES string of the molecule is CCNC(=NCCCn1cccn1)N1CCC(NC(=O)OC(C)(C)C)C1. The maximum Gasteiger partial charge on any atom is 0.407 e. The highest BCUT2D eigenvalue weighted by Crippen LogP contribution is 2.12. The van der Waals surface area contributed by atoms with Crippen LogP contribution < -0.4 is 10.6 Å². The van der Waals surface area contributed by atoms with Crippen molar-refractivity contribution in [3.8, 4) is 0 Å². The van der Waals surface area contributed by atoms with Gasteiger partial charge in [-0.05, 0) is 46.6 Å². The highest BCUT2D eigenvalue weighted by Gasteiger charge is 2.27. The van der Waals surface area contributed by atoms with E-state index in [0.29, 0.717) is 0 Å². The summed E-state index contributed by atoms with van der Waals surface area (Å²) in [5, 5.41) is 10.5. The number of carbonyl (C=O) groups excluding carboxylic acids is 1. The number of aliphatic imine (C=N–C) groups is 1. The number of hydrogen-bond acceptors (Lipinski definition) is 4. The zero-order chi connectivity index (χ0) is 19.0. The third-order valence-corrected chi connectivity index (χ3v) is 3.91. The summed E-state index contributed by atoms with van der Waals surface area (Å²) in [5.74, 6) is 0.904. The van der Waals surface area contributed by atoms with Crippen LogP contribution in [0.15, 0.2) is 23.5 Å². The molecule has 0 radical (unpaired) electrons. The van der Waals surface area contributed by atoms with E-state index in [4.69, 9.17) is 9.73 Å². The molecular formula is C18H32N6O2. The number of ether oxygens (including phenoxy) is 1. The van der Waals surface area contributed by atoms with Crippen LogP contribution in [0.3, 0.4) is 0 Å². The van der Waals surface area contributed by atoms with Crippen molar-refractivity contribution in [2.24, 2.45) is 4.99 Å². The Morgan fingerprint density at radius 2 is 2.23 bits per heavy atom. The largest absolute Gasteiger partial charge is 0.444 e. The van der Waals surface area contributed by atoms with Crippen molar-refractivity contribution >= 4 is 12.1 Å². The molecule has 1 aromatic heterocycles. The lowest BCUT2D eigenvalue weighted by Gasteiger charge is -2.23. The van der Waals surface area contributed by atoms with Crippen LogP contribution in [0.25, 0.3) is 0 Å². The Hall–Kier alpha value is -2.25. The summed E-state index contributed by atoms with van der Waals surface area (Å²) in [6.07, 6.45) is 5.21. The number of carbonyl (C=O) groups is 1. The van der Waals surface area contributed by atoms with Crippen LogP contribution in [-0.4, -0.2) is 64.6 Å². The van der Waals surface area contributed by atoms with Crippen molar-refractivity contribution in [2.45, 2.75) is 58.7 Å². The second kappa shape index (κ2) is 9.45. The van der Waals surface area contributed by atoms with E-state index in [1.54, 1.807) is 6.20 Å². The number of guanidine groups is 1. The van der Waals surface area contributed by atoms with E-state index in [-0.39, 0.29) is 12.1 Å². The van der Waals surface area contributed by atoms with Crippen LogP contribution in [0.1, 0.15) is 40.5 Å². The number of aryl methyl sites for hydroxylation is 1. The smallest absolute Gasteiger partial charge is 0.407 e. The minimum atomic E-state index is -0.479. The molecule has 0 spiro atoms. The van der Waals surface area contributed by atoms with Crippen LogP contribution in [0.2, 0.25) is 0 Å². The van der Waals surface area contributed by atoms with Gasteiger partial charge < -0.3 is 20.3 Å². The lowest BCUT2D eigenvalue weighted by atomic mass is 10.2. The van der Waals surface area contributed by atoms with Gasteiger partial charge in [0.05, 0.1) is 6.04 Å². The normalized spacial score (nSPS) is 18.1. The molecule has 2 heterocycles. The molecule has 146 valence electrons. The molecule has 0 aromatic carbocycles. The zero-order valence-corrected chi connectivity index (χ0v) is 16.4. The number of alkyl carbamates (subject to hydrolysis) is 1. The Morgan fingerprint density at radius 3 is 2.88 bits per heavy atom. The van der Waals surface area contributed by atoms with E-state index in [1.165, 1.54) is 0 Å². The number of nitrogens with one attached hydrogen (secondary N) is 2. The maximum absolute atomic E-state index is 11.9. The Kier molecular flexibility index (Phi) is 7.29. The Morgan fingerprint density at radius 1 is 1.42 bits per heavy atom. The molecule has 1 atom stereocenters. The fourth-order valence-electron chi connectivity index (χ4n) is 2.82. The van der Waals surface area contributed by atoms with E-state index in [2.05, 4.69) is 27.6 Å². The van der Waals surface area contributed by atoms with Gasteiger partial charge >= 0.3 is 6.09 Å². The van der Waals surface area contributed by atoms with Gasteiger partial charge in [-0.15, -0.1) is 0 Å². The molecule has 2 rings (SSSR count). The first-order valence-corrected chi connectivity index (χ1v) is 9.37. The van der Waals surface area contributed by atoms with E-state index in [1.807, 2.05) is 37.7 Å². The van der Waals surface area contributed by atoms with Crippen LogP contribution in [0.4, 0.5) is 4.79 Å². The van der Waals surface area contributed by atoms with Gasteiger partial charge in [0.1, 0.15) is 5.60 Å². The van der Waals surface area contributed by atoms with Gasteiger partial charge in [0.15, 0.2) is 5.96 Å². The molecule has 8 nitrogen and oxygen atoms in total. The first kappa shape index (κ1) is 20.1. The number of aromatic nitrogens is 2. The lowest BCUT2D eigenvalue weighted by Crippen LogP contribution is -2.44. The predicted octanol–water partition coefficient (Wildman–Crippen LogP) is 1.84. The fraction of sp³-hybridized carbons (Fsp3) is 0.722. The van der Waals surface area contributed by atoms with Gasteiger partial charge in [-0.3, -0.25) is 9.67 Å². The molecule has 1 unspecified atom stereocenters. The van der Waals surface area contributed by atoms with Crippen molar-refractivity contribution in [3.63, 3.8) is 0 Å². The summed E-state index contributed by atoms with van der Waals surface area (Å²) >= 11 is 0. The van der Waals surface area contributed by atoms with Gasteiger partial charge in [-0.1, -0.05) is 0 Å². The molecule has 1 saturated heterocycles. The molecule has 0 aliphatic carbocycles. The van der Waals surface area contributed by atoms with Crippen LogP contribution >= 0.6 is 0 Å². The summed E-state index contributed by atoms with van der Waals surface area (Å²) in [6.45, 7) is 11.7. The van der Waals surface area contributed by atoms with Crippen molar-refractivity contribution in [1.29, 1.82) is 0 Å². The average molecular weight is 364 g/mol. The van der Waals surface area contributed by atoms with E-state index in [9.17, 15) is 4.79 Å². The molecule has 0 saturated carbocycles. The van der Waals surface area contributed by atoms with Crippen molar-refractivity contribution in [2.75, 3.05) is 26.2 Å². The highest BCUT2D eigenvalue weighted by molar-refractivity contribution is 5.80. The minimum Gasteiger partial charge on any atom is -0.444 e. The van der Waals surface area contributed by atoms with Crippen molar-refractivity contribution < 1.29 is 9.53 Å². The molecule has 2 N–H and O–H groups in total. The summed E-state index contributed by atoms with van der Waals surface area (Å²) in [7, 11) is 0. The lowest BCUT2D eigenvalue weighted by molar-refractivity contribution is 0.0507. The molecule has 1 aliphatic rings. The summed E-state index contributed by atoms with van der Waals surface area (Å²) in [5.41, 5.74) is -0.479. The van der Waals surface area contributed by atoms with E-state index in [0.717, 1.165) is 51.5 Å². The van der Waals surface area contributed by atoms with Gasteiger partial charge in [-0.2, -0.15) is 5.10 Å². The van der Waals surface area contributed by atoms with Crippen molar-refractivity contribution in [3.05, 3.63) is 18.5 Å². The molecule has 1 amide bonds. The third kappa shape index (κ3) is 6.93. The Balaban J connectivity index is 1.80. The summed E-state index contributed by atoms with van der Waals surface area (Å²) < 4.78 is 7.25. The van der Waals surface area contributed by atoms with Crippen LogP contribution in [0, 0.1) is 0 Å². The first-order valence-electron chi connectivity index (χ1n) is 9.37. The van der Waals surface area contributed by atoms with Gasteiger partial charge in [0.2, 0.25) is 0 Å². The quantitative estimate of drug-likeness (QED) is 0.457. The number of rotatable bonds is 6. The molecule has 1 aliphatic heterocycles. The summed E-state index contributed by atoms with van der Waals surface area (Å²) in [4.78, 5) is 18.8. The standard InChI is InChI=1S/C18H32N6O2/c1-5-19-16(20-9-6-11-24-12-7-10-21-24)23-13-8-15(14-23)22-17(25)26-18(2,3)4/h7,10,12,15H,5-6,8-9,11,13-14H2,1-4H3,(H,19,20)(H,22,25). The monoisotopic (exact) mass is 364 g/mol. The molecule has 26 heavy (non-hydrogen) atoms. The fourth-order valence-corrected chi connectivity index (χ4v) is 2.82. The number of amides is 1. The maximum atomic E-state index is 11.9. The van der Waals surface area contributed by atoms with E-state index >= 15 is 0 Å². The predicted molar refractivity (Wildman–Crippen MR) is 102 cm³/mol. The Labute approximate surface area is 156 Å².